The first-order chi connectivity index (χ1) is 15.6. The Kier molecular flexibility index (Phi) is 7.60. The molecule has 1 N–H and O–H groups in total. The number of carbonyl (C=O) groups excluding carboxylic acids is 2. The van der Waals surface area contributed by atoms with Crippen molar-refractivity contribution in [3.05, 3.63) is 57.6 Å². The van der Waals surface area contributed by atoms with E-state index >= 15 is 0 Å². The van der Waals surface area contributed by atoms with E-state index in [1.807, 2.05) is 41.5 Å². The SMILES string of the molecule is CCN(C(=O)N(OC(C)=O)c1cc(C(C)(C)C)c(O)c(C(C)(C)C)c1)c1ccc([N+](=O)[O-])cc1. The van der Waals surface area contributed by atoms with Crippen LogP contribution in [0.25, 0.3) is 0 Å². The quantitative estimate of drug-likeness (QED) is 0.444. The van der Waals surface area contributed by atoms with Gasteiger partial charge < -0.3 is 9.94 Å². The van der Waals surface area contributed by atoms with Crippen LogP contribution in [0.5, 0.6) is 5.75 Å². The van der Waals surface area contributed by atoms with Gasteiger partial charge in [-0.15, -0.1) is 5.06 Å². The lowest BCUT2D eigenvalue weighted by Crippen LogP contribution is -2.44. The van der Waals surface area contributed by atoms with Crippen LogP contribution in [0, 0.1) is 10.1 Å². The Labute approximate surface area is 200 Å². The van der Waals surface area contributed by atoms with Crippen molar-refractivity contribution in [1.29, 1.82) is 0 Å². The van der Waals surface area contributed by atoms with Gasteiger partial charge in [-0.1, -0.05) is 41.5 Å². The van der Waals surface area contributed by atoms with E-state index in [1.165, 1.54) is 36.1 Å². The molecule has 0 bridgehead atoms. The number of non-ortho nitro benzene ring substituents is 1. The third-order valence-corrected chi connectivity index (χ3v) is 5.26. The second-order valence-corrected chi connectivity index (χ2v) is 10.1. The summed E-state index contributed by atoms with van der Waals surface area (Å²) in [5, 5.41) is 22.9. The fourth-order valence-electron chi connectivity index (χ4n) is 3.50. The lowest BCUT2D eigenvalue weighted by molar-refractivity contribution is -0.384. The Morgan fingerprint density at radius 2 is 1.44 bits per heavy atom. The summed E-state index contributed by atoms with van der Waals surface area (Å²) in [7, 11) is 0. The highest BCUT2D eigenvalue weighted by atomic mass is 16.7. The summed E-state index contributed by atoms with van der Waals surface area (Å²) >= 11 is 0. The van der Waals surface area contributed by atoms with Gasteiger partial charge in [0.15, 0.2) is 0 Å². The zero-order valence-electron chi connectivity index (χ0n) is 21.0. The second-order valence-electron chi connectivity index (χ2n) is 10.1. The number of urea groups is 1. The maximum Gasteiger partial charge on any atom is 0.362 e. The van der Waals surface area contributed by atoms with Gasteiger partial charge in [0.25, 0.3) is 5.69 Å². The Bertz CT molecular complexity index is 1050. The van der Waals surface area contributed by atoms with E-state index in [4.69, 9.17) is 4.84 Å². The molecule has 0 radical (unpaired) electrons. The van der Waals surface area contributed by atoms with E-state index in [2.05, 4.69) is 0 Å². The molecule has 0 aliphatic carbocycles. The van der Waals surface area contributed by atoms with E-state index in [1.54, 1.807) is 19.1 Å². The van der Waals surface area contributed by atoms with Crippen LogP contribution in [-0.4, -0.2) is 28.6 Å². The molecule has 2 amide bonds. The predicted octanol–water partition coefficient (Wildman–Crippen LogP) is 5.83. The number of amides is 2. The molecule has 0 aromatic heterocycles. The molecule has 9 nitrogen and oxygen atoms in total. The highest BCUT2D eigenvalue weighted by Gasteiger charge is 2.32. The van der Waals surface area contributed by atoms with Crippen molar-refractivity contribution < 1.29 is 24.5 Å². The number of carbonyl (C=O) groups is 2. The number of hydrogen-bond acceptors (Lipinski definition) is 6. The van der Waals surface area contributed by atoms with E-state index in [-0.39, 0.29) is 23.7 Å². The fourth-order valence-corrected chi connectivity index (χ4v) is 3.50. The minimum atomic E-state index is -0.698. The first-order valence-electron chi connectivity index (χ1n) is 11.0. The third kappa shape index (κ3) is 5.84. The molecule has 34 heavy (non-hydrogen) atoms. The molecule has 2 rings (SSSR count). The zero-order valence-corrected chi connectivity index (χ0v) is 21.0. The first kappa shape index (κ1) is 26.6. The van der Waals surface area contributed by atoms with Crippen molar-refractivity contribution in [3.63, 3.8) is 0 Å². The van der Waals surface area contributed by atoms with Gasteiger partial charge in [0.05, 0.1) is 10.6 Å². The number of nitro benzene ring substituents is 1. The highest BCUT2D eigenvalue weighted by molar-refractivity contribution is 6.03. The highest BCUT2D eigenvalue weighted by Crippen LogP contribution is 2.42. The number of phenols is 1. The number of benzene rings is 2. The topological polar surface area (TPSA) is 113 Å². The predicted molar refractivity (Wildman–Crippen MR) is 131 cm³/mol. The summed E-state index contributed by atoms with van der Waals surface area (Å²) in [5.41, 5.74) is 0.847. The molecule has 0 aliphatic rings. The van der Waals surface area contributed by atoms with Gasteiger partial charge in [0.1, 0.15) is 5.75 Å². The number of aromatic hydroxyl groups is 1. The molecule has 0 spiro atoms. The minimum absolute atomic E-state index is 0.104. The molecule has 0 saturated heterocycles. The van der Waals surface area contributed by atoms with Gasteiger partial charge >= 0.3 is 12.0 Å². The molecule has 0 heterocycles. The molecular weight excluding hydrogens is 438 g/mol. The Morgan fingerprint density at radius 3 is 1.79 bits per heavy atom. The number of hydrogen-bond donors (Lipinski definition) is 1. The van der Waals surface area contributed by atoms with Crippen molar-refractivity contribution in [2.75, 3.05) is 16.5 Å². The summed E-state index contributed by atoms with van der Waals surface area (Å²) in [6.07, 6.45) is 0. The van der Waals surface area contributed by atoms with Crippen molar-refractivity contribution in [3.8, 4) is 5.75 Å². The first-order valence-corrected chi connectivity index (χ1v) is 11.0. The minimum Gasteiger partial charge on any atom is -0.507 e. The number of hydroxylamine groups is 1. The molecule has 184 valence electrons. The van der Waals surface area contributed by atoms with Crippen LogP contribution in [0.2, 0.25) is 0 Å². The average molecular weight is 472 g/mol. The normalized spacial score (nSPS) is 11.6. The molecule has 9 heteroatoms. The molecule has 2 aromatic carbocycles. The van der Waals surface area contributed by atoms with E-state index < -0.39 is 27.8 Å². The third-order valence-electron chi connectivity index (χ3n) is 5.26. The zero-order chi connectivity index (χ0) is 26.0. The summed E-state index contributed by atoms with van der Waals surface area (Å²) in [4.78, 5) is 42.7. The van der Waals surface area contributed by atoms with E-state index in [0.29, 0.717) is 16.8 Å². The molecular formula is C25H33N3O6. The van der Waals surface area contributed by atoms with Crippen LogP contribution in [0.3, 0.4) is 0 Å². The Balaban J connectivity index is 2.67. The summed E-state index contributed by atoms with van der Waals surface area (Å²) < 4.78 is 0. The van der Waals surface area contributed by atoms with Crippen molar-refractivity contribution in [2.24, 2.45) is 0 Å². The Morgan fingerprint density at radius 1 is 0.971 bits per heavy atom. The fraction of sp³-hybridized carbons (Fsp3) is 0.440. The standard InChI is InChI=1S/C25H33N3O6/c1-9-26(17-10-12-18(13-11-17)28(32)33)23(31)27(34-16(2)29)19-14-20(24(3,4)5)22(30)21(15-19)25(6,7)8/h10-15,30H,9H2,1-8H3. The summed E-state index contributed by atoms with van der Waals surface area (Å²) in [5.74, 6) is -0.572. The van der Waals surface area contributed by atoms with Crippen LogP contribution < -0.4 is 9.96 Å². The molecule has 0 saturated carbocycles. The van der Waals surface area contributed by atoms with Crippen molar-refractivity contribution in [2.45, 2.75) is 66.2 Å². The van der Waals surface area contributed by atoms with E-state index in [9.17, 15) is 24.8 Å². The van der Waals surface area contributed by atoms with Crippen LogP contribution in [0.1, 0.15) is 66.5 Å². The lowest BCUT2D eigenvalue weighted by atomic mass is 9.79. The van der Waals surface area contributed by atoms with Crippen LogP contribution in [-0.2, 0) is 20.5 Å². The van der Waals surface area contributed by atoms with Gasteiger partial charge in [0, 0.05) is 42.4 Å². The number of nitrogens with zero attached hydrogens (tertiary/aromatic N) is 3. The van der Waals surface area contributed by atoms with Crippen LogP contribution >= 0.6 is 0 Å². The summed E-state index contributed by atoms with van der Waals surface area (Å²) in [6, 6.07) is 8.14. The number of nitro groups is 1. The van der Waals surface area contributed by atoms with Gasteiger partial charge in [-0.2, -0.15) is 0 Å². The van der Waals surface area contributed by atoms with Gasteiger partial charge in [0.2, 0.25) is 0 Å². The van der Waals surface area contributed by atoms with E-state index in [0.717, 1.165) is 5.06 Å². The smallest absolute Gasteiger partial charge is 0.362 e. The van der Waals surface area contributed by atoms with Gasteiger partial charge in [-0.25, -0.2) is 9.59 Å². The molecule has 2 aromatic rings. The van der Waals surface area contributed by atoms with Crippen molar-refractivity contribution >= 4 is 29.1 Å². The summed E-state index contributed by atoms with van der Waals surface area (Å²) in [6.45, 7) is 14.8. The van der Waals surface area contributed by atoms with Gasteiger partial charge in [-0.05, 0) is 42.0 Å². The van der Waals surface area contributed by atoms with Crippen molar-refractivity contribution in [1.82, 2.24) is 0 Å². The lowest BCUT2D eigenvalue weighted by Gasteiger charge is -2.32. The molecule has 0 fully saturated rings. The second kappa shape index (κ2) is 9.70. The van der Waals surface area contributed by atoms with Crippen LogP contribution in [0.15, 0.2) is 36.4 Å². The maximum atomic E-state index is 13.6. The Hall–Kier alpha value is -3.62. The maximum absolute atomic E-state index is 13.6. The monoisotopic (exact) mass is 471 g/mol. The molecule has 0 aliphatic heterocycles. The molecule has 0 unspecified atom stereocenters. The largest absolute Gasteiger partial charge is 0.507 e. The van der Waals surface area contributed by atoms with Gasteiger partial charge in [-0.3, -0.25) is 15.0 Å². The number of anilines is 2. The molecule has 0 atom stereocenters. The number of phenolic OH excluding ortho intramolecular Hbond substituents is 1. The number of rotatable bonds is 4. The van der Waals surface area contributed by atoms with Crippen LogP contribution in [0.4, 0.5) is 21.9 Å². The average Bonchev–Trinajstić information content (AvgIpc) is 2.71.